The Bertz CT molecular complexity index is 979. The molecule has 0 aliphatic rings. The Balaban J connectivity index is 2.05. The molecule has 0 amide bonds. The van der Waals surface area contributed by atoms with Crippen LogP contribution in [0, 0.1) is 0 Å². The average Bonchev–Trinajstić information content (AvgIpc) is 2.81. The third kappa shape index (κ3) is 7.88. The zero-order valence-electron chi connectivity index (χ0n) is 17.5. The highest BCUT2D eigenvalue weighted by Gasteiger charge is 2.24. The minimum atomic E-state index is -3.69. The second kappa shape index (κ2) is 11.9. The molecular formula is C21H24O9P2. The summed E-state index contributed by atoms with van der Waals surface area (Å²) in [6.07, 6.45) is 4.20. The van der Waals surface area contributed by atoms with E-state index >= 15 is 0 Å². The van der Waals surface area contributed by atoms with Crippen LogP contribution < -0.4 is 9.05 Å². The maximum absolute atomic E-state index is 12.2. The van der Waals surface area contributed by atoms with Crippen molar-refractivity contribution in [2.24, 2.45) is 0 Å². The summed E-state index contributed by atoms with van der Waals surface area (Å²) >= 11 is 0. The van der Waals surface area contributed by atoms with E-state index in [1.807, 2.05) is 0 Å². The fourth-order valence-corrected chi connectivity index (χ4v) is 3.71. The predicted octanol–water partition coefficient (Wildman–Crippen LogP) is 4.32. The van der Waals surface area contributed by atoms with Gasteiger partial charge in [0.1, 0.15) is 24.2 Å². The highest BCUT2D eigenvalue weighted by molar-refractivity contribution is 7.58. The summed E-state index contributed by atoms with van der Waals surface area (Å²) in [4.78, 5) is 12.2. The van der Waals surface area contributed by atoms with E-state index < -0.39 is 27.9 Å². The molecule has 0 unspecified atom stereocenters. The van der Waals surface area contributed by atoms with E-state index in [9.17, 15) is 13.9 Å². The highest BCUT2D eigenvalue weighted by atomic mass is 31.2. The van der Waals surface area contributed by atoms with Crippen molar-refractivity contribution in [3.63, 3.8) is 0 Å². The fourth-order valence-electron chi connectivity index (χ4n) is 2.34. The average molecular weight is 482 g/mol. The lowest BCUT2D eigenvalue weighted by atomic mass is 10.1. The molecule has 32 heavy (non-hydrogen) atoms. The largest absolute Gasteiger partial charge is 0.529 e. The molecule has 11 heteroatoms. The minimum absolute atomic E-state index is 0.197. The number of aliphatic hydroxyl groups excluding tert-OH is 2. The minimum Gasteiger partial charge on any atom is -0.440 e. The molecule has 0 saturated heterocycles. The molecule has 9 nitrogen and oxygen atoms in total. The Hall–Kier alpha value is -2.51. The van der Waals surface area contributed by atoms with E-state index in [-0.39, 0.29) is 17.3 Å². The Morgan fingerprint density at radius 3 is 1.75 bits per heavy atom. The summed E-state index contributed by atoms with van der Waals surface area (Å²) in [5, 5.41) is 18.2. The van der Waals surface area contributed by atoms with Gasteiger partial charge in [0, 0.05) is 14.2 Å². The third-order valence-corrected chi connectivity index (χ3v) is 6.70. The number of rotatable bonds is 12. The zero-order chi connectivity index (χ0) is 23.6. The highest BCUT2D eigenvalue weighted by Crippen LogP contribution is 2.47. The number of ketones is 1. The van der Waals surface area contributed by atoms with Crippen molar-refractivity contribution in [1.82, 2.24) is 0 Å². The van der Waals surface area contributed by atoms with Gasteiger partial charge >= 0.3 is 7.82 Å². The number of hydrogen-bond donors (Lipinski definition) is 2. The first-order valence-corrected chi connectivity index (χ1v) is 12.7. The first-order valence-electron chi connectivity index (χ1n) is 9.25. The summed E-state index contributed by atoms with van der Waals surface area (Å²) in [6.45, 7) is 0. The van der Waals surface area contributed by atoms with Gasteiger partial charge in [-0.2, -0.15) is 0 Å². The van der Waals surface area contributed by atoms with Gasteiger partial charge < -0.3 is 19.3 Å². The van der Waals surface area contributed by atoms with Crippen LogP contribution in [0.5, 0.6) is 11.5 Å². The van der Waals surface area contributed by atoms with Gasteiger partial charge in [-0.25, -0.2) is 4.57 Å². The molecule has 0 spiro atoms. The lowest BCUT2D eigenvalue weighted by Crippen LogP contribution is -2.01. The summed E-state index contributed by atoms with van der Waals surface area (Å²) in [6, 6.07) is 12.9. The molecule has 0 aliphatic heterocycles. The van der Waals surface area contributed by atoms with Crippen LogP contribution >= 0.6 is 15.2 Å². The Morgan fingerprint density at radius 1 is 0.844 bits per heavy atom. The smallest absolute Gasteiger partial charge is 0.440 e. The molecule has 0 heterocycles. The van der Waals surface area contributed by atoms with Crippen molar-refractivity contribution in [2.45, 2.75) is 0 Å². The van der Waals surface area contributed by atoms with Crippen molar-refractivity contribution in [1.29, 1.82) is 0 Å². The van der Waals surface area contributed by atoms with Crippen LogP contribution in [0.1, 0.15) is 11.1 Å². The van der Waals surface area contributed by atoms with E-state index in [0.717, 1.165) is 0 Å². The second-order valence-electron chi connectivity index (χ2n) is 6.31. The maximum atomic E-state index is 12.2. The molecule has 2 aromatic rings. The van der Waals surface area contributed by atoms with Gasteiger partial charge in [0.25, 0.3) is 7.37 Å². The SMILES string of the molecule is COP(=O)(OC)Oc1cccc(/C=C/C(=O)/C=C/c2cccc(OP(=O)(CO)CO)c2)c1. The van der Waals surface area contributed by atoms with Crippen molar-refractivity contribution >= 4 is 33.1 Å². The van der Waals surface area contributed by atoms with E-state index in [2.05, 4.69) is 0 Å². The number of phosphoric acid groups is 1. The first-order chi connectivity index (χ1) is 15.2. The van der Waals surface area contributed by atoms with Gasteiger partial charge in [-0.15, -0.1) is 0 Å². The molecule has 0 saturated carbocycles. The zero-order valence-corrected chi connectivity index (χ0v) is 19.3. The van der Waals surface area contributed by atoms with Crippen LogP contribution in [0.2, 0.25) is 0 Å². The lowest BCUT2D eigenvalue weighted by molar-refractivity contribution is -0.110. The molecule has 172 valence electrons. The summed E-state index contributed by atoms with van der Waals surface area (Å²) in [5.41, 5.74) is 1.22. The monoisotopic (exact) mass is 482 g/mol. The number of allylic oxidation sites excluding steroid dienone is 2. The number of phosphoric ester groups is 1. The van der Waals surface area contributed by atoms with Crippen molar-refractivity contribution in [3.05, 3.63) is 71.8 Å². The summed E-state index contributed by atoms with van der Waals surface area (Å²) in [5.74, 6) is 0.142. The standard InChI is InChI=1S/C21H24O9P2/c1-27-32(26,28-2)30-21-8-4-6-18(14-21)10-12-19(24)11-9-17-5-3-7-20(13-17)29-31(25,15-22)16-23/h3-14,22-23H,15-16H2,1-2H3/b11-9+,12-10+. The van der Waals surface area contributed by atoms with Crippen LogP contribution in [-0.2, 0) is 23.0 Å². The summed E-state index contributed by atoms with van der Waals surface area (Å²) < 4.78 is 43.9. The molecule has 0 radical (unpaired) electrons. The number of carbonyl (C=O) groups excluding carboxylic acids is 1. The fraction of sp³-hybridized carbons (Fsp3) is 0.190. The van der Waals surface area contributed by atoms with Gasteiger partial charge in [0.05, 0.1) is 0 Å². The number of hydrogen-bond acceptors (Lipinski definition) is 9. The molecule has 0 bridgehead atoms. The van der Waals surface area contributed by atoms with Gasteiger partial charge in [0.2, 0.25) is 0 Å². The van der Waals surface area contributed by atoms with E-state index in [0.29, 0.717) is 11.1 Å². The van der Waals surface area contributed by atoms with Gasteiger partial charge in [0.15, 0.2) is 5.78 Å². The molecule has 2 aromatic carbocycles. The maximum Gasteiger partial charge on any atom is 0.529 e. The molecule has 0 aliphatic carbocycles. The first kappa shape index (κ1) is 25.7. The predicted molar refractivity (Wildman–Crippen MR) is 121 cm³/mol. The van der Waals surface area contributed by atoms with Gasteiger partial charge in [-0.1, -0.05) is 36.4 Å². The van der Waals surface area contributed by atoms with Crippen molar-refractivity contribution in [3.8, 4) is 11.5 Å². The normalized spacial score (nSPS) is 12.4. The third-order valence-electron chi connectivity index (χ3n) is 3.96. The molecular weight excluding hydrogens is 458 g/mol. The van der Waals surface area contributed by atoms with Gasteiger partial charge in [-0.05, 0) is 47.5 Å². The van der Waals surface area contributed by atoms with Crippen LogP contribution in [-0.4, -0.2) is 42.9 Å². The van der Waals surface area contributed by atoms with Gasteiger partial charge in [-0.3, -0.25) is 18.4 Å². The summed E-state index contributed by atoms with van der Waals surface area (Å²) in [7, 11) is -4.83. The molecule has 2 rings (SSSR count). The quantitative estimate of drug-likeness (QED) is 0.336. The lowest BCUT2D eigenvalue weighted by Gasteiger charge is -2.14. The van der Waals surface area contributed by atoms with E-state index in [1.165, 1.54) is 44.6 Å². The molecule has 0 aromatic heterocycles. The Labute approximate surface area is 186 Å². The van der Waals surface area contributed by atoms with Crippen molar-refractivity contribution in [2.75, 3.05) is 26.9 Å². The Morgan fingerprint density at radius 2 is 1.31 bits per heavy atom. The van der Waals surface area contributed by atoms with E-state index in [1.54, 1.807) is 42.5 Å². The molecule has 0 fully saturated rings. The van der Waals surface area contributed by atoms with Crippen LogP contribution in [0.25, 0.3) is 12.2 Å². The van der Waals surface area contributed by atoms with E-state index in [4.69, 9.17) is 28.3 Å². The number of aliphatic hydroxyl groups is 2. The molecule has 0 atom stereocenters. The van der Waals surface area contributed by atoms with Crippen molar-refractivity contribution < 1.29 is 42.2 Å². The van der Waals surface area contributed by atoms with Crippen LogP contribution in [0.15, 0.2) is 60.7 Å². The number of benzene rings is 2. The van der Waals surface area contributed by atoms with Crippen LogP contribution in [0.3, 0.4) is 0 Å². The topological polar surface area (TPSA) is 129 Å². The Kier molecular flexibility index (Phi) is 9.60. The molecule has 2 N–H and O–H groups in total. The second-order valence-corrected chi connectivity index (χ2v) is 10.5. The number of carbonyl (C=O) groups is 1. The van der Waals surface area contributed by atoms with Crippen LogP contribution in [0.4, 0.5) is 0 Å².